The van der Waals surface area contributed by atoms with Crippen LogP contribution in [0.5, 0.6) is 0 Å². The molecule has 0 atom stereocenters. The van der Waals surface area contributed by atoms with E-state index >= 15 is 0 Å². The Morgan fingerprint density at radius 1 is 1.21 bits per heavy atom. The predicted molar refractivity (Wildman–Crippen MR) is 62.4 cm³/mol. The summed E-state index contributed by atoms with van der Waals surface area (Å²) < 4.78 is 0. The first kappa shape index (κ1) is 13.4. The molecule has 0 spiro atoms. The molecule has 0 aromatic heterocycles. The van der Waals surface area contributed by atoms with Gasteiger partial charge in [-0.3, -0.25) is 4.79 Å². The SMILES string of the molecule is CCCCCC=C(C)C(=O)C(C)(C)C. The van der Waals surface area contributed by atoms with Crippen molar-refractivity contribution in [1.82, 2.24) is 0 Å². The minimum absolute atomic E-state index is 0.231. The van der Waals surface area contributed by atoms with Gasteiger partial charge in [0, 0.05) is 5.41 Å². The number of carbonyl (C=O) groups is 1. The van der Waals surface area contributed by atoms with E-state index in [2.05, 4.69) is 13.0 Å². The monoisotopic (exact) mass is 196 g/mol. The van der Waals surface area contributed by atoms with Gasteiger partial charge in [-0.05, 0) is 25.3 Å². The van der Waals surface area contributed by atoms with Gasteiger partial charge in [0.2, 0.25) is 0 Å². The molecule has 0 bridgehead atoms. The molecule has 0 rings (SSSR count). The molecule has 1 nitrogen and oxygen atoms in total. The number of rotatable bonds is 5. The van der Waals surface area contributed by atoms with Gasteiger partial charge in [-0.15, -0.1) is 0 Å². The van der Waals surface area contributed by atoms with E-state index in [9.17, 15) is 4.79 Å². The molecule has 0 amide bonds. The van der Waals surface area contributed by atoms with Gasteiger partial charge < -0.3 is 0 Å². The molecule has 0 aromatic rings. The minimum atomic E-state index is -0.231. The van der Waals surface area contributed by atoms with E-state index in [1.54, 1.807) is 0 Å². The lowest BCUT2D eigenvalue weighted by Crippen LogP contribution is -2.20. The maximum Gasteiger partial charge on any atom is 0.163 e. The summed E-state index contributed by atoms with van der Waals surface area (Å²) in [5.74, 6) is 0.272. The van der Waals surface area contributed by atoms with Crippen molar-refractivity contribution in [3.8, 4) is 0 Å². The Bertz CT molecular complexity index is 206. The van der Waals surface area contributed by atoms with Gasteiger partial charge in [-0.25, -0.2) is 0 Å². The van der Waals surface area contributed by atoms with Crippen LogP contribution in [-0.4, -0.2) is 5.78 Å². The van der Waals surface area contributed by atoms with Gasteiger partial charge in [-0.1, -0.05) is 46.6 Å². The van der Waals surface area contributed by atoms with Crippen molar-refractivity contribution < 1.29 is 4.79 Å². The Balaban J connectivity index is 4.05. The molecule has 0 aromatic carbocycles. The molecule has 0 fully saturated rings. The Morgan fingerprint density at radius 3 is 2.21 bits per heavy atom. The van der Waals surface area contributed by atoms with Crippen LogP contribution < -0.4 is 0 Å². The Hall–Kier alpha value is -0.590. The third-order valence-electron chi connectivity index (χ3n) is 2.30. The fourth-order valence-corrected chi connectivity index (χ4v) is 1.40. The lowest BCUT2D eigenvalue weighted by molar-refractivity contribution is -0.122. The van der Waals surface area contributed by atoms with E-state index in [0.29, 0.717) is 0 Å². The largest absolute Gasteiger partial charge is 0.294 e. The summed E-state index contributed by atoms with van der Waals surface area (Å²) in [4.78, 5) is 11.8. The van der Waals surface area contributed by atoms with Crippen LogP contribution in [-0.2, 0) is 4.79 Å². The van der Waals surface area contributed by atoms with E-state index in [1.807, 2.05) is 27.7 Å². The number of Topliss-reactive ketones (excluding diaryl/α,β-unsaturated/α-hetero) is 1. The molecule has 14 heavy (non-hydrogen) atoms. The lowest BCUT2D eigenvalue weighted by Gasteiger charge is -2.16. The van der Waals surface area contributed by atoms with Crippen LogP contribution in [0.2, 0.25) is 0 Å². The lowest BCUT2D eigenvalue weighted by atomic mass is 9.86. The summed E-state index contributed by atoms with van der Waals surface area (Å²) in [6.45, 7) is 10.0. The molecule has 0 aliphatic heterocycles. The highest BCUT2D eigenvalue weighted by Gasteiger charge is 2.21. The Labute approximate surface area is 88.6 Å². The van der Waals surface area contributed by atoms with Gasteiger partial charge in [0.05, 0.1) is 0 Å². The molecule has 0 heterocycles. The van der Waals surface area contributed by atoms with Crippen LogP contribution in [0.25, 0.3) is 0 Å². The van der Waals surface area contributed by atoms with Crippen LogP contribution in [0.3, 0.4) is 0 Å². The second kappa shape index (κ2) is 6.00. The number of hydrogen-bond acceptors (Lipinski definition) is 1. The molecular weight excluding hydrogens is 172 g/mol. The molecule has 0 aliphatic rings. The highest BCUT2D eigenvalue weighted by molar-refractivity contribution is 5.98. The van der Waals surface area contributed by atoms with E-state index < -0.39 is 0 Å². The normalized spacial score (nSPS) is 13.1. The quantitative estimate of drug-likeness (QED) is 0.477. The van der Waals surface area contributed by atoms with Crippen molar-refractivity contribution in [2.75, 3.05) is 0 Å². The molecule has 0 N–H and O–H groups in total. The summed E-state index contributed by atoms with van der Waals surface area (Å²) in [7, 11) is 0. The topological polar surface area (TPSA) is 17.1 Å². The second-order valence-corrected chi connectivity index (χ2v) is 4.96. The zero-order chi connectivity index (χ0) is 11.2. The minimum Gasteiger partial charge on any atom is -0.294 e. The van der Waals surface area contributed by atoms with Crippen molar-refractivity contribution >= 4 is 5.78 Å². The van der Waals surface area contributed by atoms with Crippen LogP contribution in [0, 0.1) is 5.41 Å². The first-order valence-corrected chi connectivity index (χ1v) is 5.61. The number of allylic oxidation sites excluding steroid dienone is 2. The molecular formula is C13H24O. The number of unbranched alkanes of at least 4 members (excludes halogenated alkanes) is 3. The average molecular weight is 196 g/mol. The molecule has 1 heteroatoms. The van der Waals surface area contributed by atoms with Crippen molar-refractivity contribution in [3.63, 3.8) is 0 Å². The fourth-order valence-electron chi connectivity index (χ4n) is 1.40. The standard InChI is InChI=1S/C13H24O/c1-6-7-8-9-10-11(2)12(14)13(3,4)5/h10H,6-9H2,1-5H3. The van der Waals surface area contributed by atoms with Gasteiger partial charge in [0.15, 0.2) is 5.78 Å². The van der Waals surface area contributed by atoms with Crippen molar-refractivity contribution in [2.24, 2.45) is 5.41 Å². The number of carbonyl (C=O) groups excluding carboxylic acids is 1. The third kappa shape index (κ3) is 5.21. The first-order chi connectivity index (χ1) is 6.39. The third-order valence-corrected chi connectivity index (χ3v) is 2.30. The smallest absolute Gasteiger partial charge is 0.163 e. The Morgan fingerprint density at radius 2 is 1.79 bits per heavy atom. The van der Waals surface area contributed by atoms with Crippen LogP contribution >= 0.6 is 0 Å². The first-order valence-electron chi connectivity index (χ1n) is 5.61. The van der Waals surface area contributed by atoms with Gasteiger partial charge >= 0.3 is 0 Å². The Kier molecular flexibility index (Phi) is 5.75. The number of hydrogen-bond donors (Lipinski definition) is 0. The van der Waals surface area contributed by atoms with Gasteiger partial charge in [0.25, 0.3) is 0 Å². The van der Waals surface area contributed by atoms with Crippen LogP contribution in [0.1, 0.15) is 60.3 Å². The molecule has 0 unspecified atom stereocenters. The highest BCUT2D eigenvalue weighted by atomic mass is 16.1. The van der Waals surface area contributed by atoms with Crippen LogP contribution in [0.15, 0.2) is 11.6 Å². The molecule has 0 saturated carbocycles. The zero-order valence-corrected chi connectivity index (χ0v) is 10.3. The number of ketones is 1. The summed E-state index contributed by atoms with van der Waals surface area (Å²) in [5, 5.41) is 0. The highest BCUT2D eigenvalue weighted by Crippen LogP contribution is 2.20. The molecule has 0 aliphatic carbocycles. The summed E-state index contributed by atoms with van der Waals surface area (Å²) in [6, 6.07) is 0. The molecule has 82 valence electrons. The van der Waals surface area contributed by atoms with Gasteiger partial charge in [-0.2, -0.15) is 0 Å². The predicted octanol–water partition coefficient (Wildman–Crippen LogP) is 4.13. The van der Waals surface area contributed by atoms with E-state index in [1.165, 1.54) is 19.3 Å². The van der Waals surface area contributed by atoms with Crippen molar-refractivity contribution in [2.45, 2.75) is 60.3 Å². The fraction of sp³-hybridized carbons (Fsp3) is 0.769. The maximum absolute atomic E-state index is 11.8. The summed E-state index contributed by atoms with van der Waals surface area (Å²) >= 11 is 0. The summed E-state index contributed by atoms with van der Waals surface area (Å²) in [5.41, 5.74) is 0.694. The van der Waals surface area contributed by atoms with E-state index in [4.69, 9.17) is 0 Å². The van der Waals surface area contributed by atoms with Crippen molar-refractivity contribution in [3.05, 3.63) is 11.6 Å². The van der Waals surface area contributed by atoms with Crippen molar-refractivity contribution in [1.29, 1.82) is 0 Å². The van der Waals surface area contributed by atoms with E-state index in [0.717, 1.165) is 12.0 Å². The molecule has 0 radical (unpaired) electrons. The average Bonchev–Trinajstić information content (AvgIpc) is 2.09. The van der Waals surface area contributed by atoms with Gasteiger partial charge in [0.1, 0.15) is 0 Å². The summed E-state index contributed by atoms with van der Waals surface area (Å²) in [6.07, 6.45) is 6.82. The maximum atomic E-state index is 11.8. The van der Waals surface area contributed by atoms with E-state index in [-0.39, 0.29) is 11.2 Å². The van der Waals surface area contributed by atoms with Crippen LogP contribution in [0.4, 0.5) is 0 Å². The second-order valence-electron chi connectivity index (χ2n) is 4.96. The zero-order valence-electron chi connectivity index (χ0n) is 10.3. The molecule has 0 saturated heterocycles.